The first kappa shape index (κ1) is 9.75. The fourth-order valence-corrected chi connectivity index (χ4v) is 1.61. The Kier molecular flexibility index (Phi) is 2.91. The number of halogens is 1. The molecule has 3 heteroatoms. The number of carbonyl (C=O) groups excluding carboxylic acids is 1. The second-order valence-corrected chi connectivity index (χ2v) is 3.84. The average Bonchev–Trinajstić information content (AvgIpc) is 2.10. The lowest BCUT2D eigenvalue weighted by molar-refractivity contribution is -0.106. The predicted octanol–water partition coefficient (Wildman–Crippen LogP) is 2.27. The molecule has 0 aromatic heterocycles. The summed E-state index contributed by atoms with van der Waals surface area (Å²) >= 11 is 5.86. The molecule has 0 saturated heterocycles. The number of ether oxygens (including phenoxy) is 1. The quantitative estimate of drug-likeness (QED) is 0.622. The van der Waals surface area contributed by atoms with E-state index in [1.165, 1.54) is 0 Å². The summed E-state index contributed by atoms with van der Waals surface area (Å²) in [6.07, 6.45) is 3.10. The van der Waals surface area contributed by atoms with Gasteiger partial charge < -0.3 is 4.74 Å². The summed E-state index contributed by atoms with van der Waals surface area (Å²) in [6, 6.07) is 0. The highest BCUT2D eigenvalue weighted by Gasteiger charge is 2.30. The minimum Gasteiger partial charge on any atom is -0.378 e. The number of rotatable bonds is 2. The summed E-state index contributed by atoms with van der Waals surface area (Å²) in [4.78, 5) is 10.6. The summed E-state index contributed by atoms with van der Waals surface area (Å²) in [6.45, 7) is 2.00. The van der Waals surface area contributed by atoms with Crippen LogP contribution in [0.5, 0.6) is 0 Å². The van der Waals surface area contributed by atoms with Gasteiger partial charge in [-0.3, -0.25) is 4.79 Å². The summed E-state index contributed by atoms with van der Waals surface area (Å²) < 4.78 is 5.31. The van der Waals surface area contributed by atoms with Gasteiger partial charge in [-0.25, -0.2) is 0 Å². The molecule has 0 spiro atoms. The van der Waals surface area contributed by atoms with Gasteiger partial charge >= 0.3 is 0 Å². The molecule has 0 aromatic rings. The molecule has 1 aliphatic carbocycles. The second kappa shape index (κ2) is 3.58. The molecule has 0 aliphatic heterocycles. The minimum atomic E-state index is -0.200. The Morgan fingerprint density at radius 3 is 2.83 bits per heavy atom. The van der Waals surface area contributed by atoms with Crippen LogP contribution in [0.15, 0.2) is 10.6 Å². The van der Waals surface area contributed by atoms with Crippen LogP contribution in [0.4, 0.5) is 0 Å². The van der Waals surface area contributed by atoms with Crippen LogP contribution in [-0.4, -0.2) is 19.0 Å². The monoisotopic (exact) mass is 188 g/mol. The zero-order chi connectivity index (χ0) is 9.19. The molecule has 0 bridgehead atoms. The van der Waals surface area contributed by atoms with E-state index in [1.807, 2.05) is 6.92 Å². The standard InChI is InChI=1S/C9H13ClO2/c1-9(12-2)4-3-8(10)7(5-9)6-11/h6H,3-5H2,1-2H3/t9-/m1/s1. The van der Waals surface area contributed by atoms with E-state index in [9.17, 15) is 4.79 Å². The molecule has 0 N–H and O–H groups in total. The van der Waals surface area contributed by atoms with Crippen LogP contribution in [-0.2, 0) is 9.53 Å². The molecule has 68 valence electrons. The maximum Gasteiger partial charge on any atom is 0.147 e. The van der Waals surface area contributed by atoms with E-state index in [4.69, 9.17) is 16.3 Å². The van der Waals surface area contributed by atoms with Gasteiger partial charge in [0.2, 0.25) is 0 Å². The van der Waals surface area contributed by atoms with Crippen molar-refractivity contribution in [1.82, 2.24) is 0 Å². The van der Waals surface area contributed by atoms with Crippen molar-refractivity contribution in [2.45, 2.75) is 31.8 Å². The van der Waals surface area contributed by atoms with Crippen molar-refractivity contribution < 1.29 is 9.53 Å². The van der Waals surface area contributed by atoms with Crippen molar-refractivity contribution in [3.8, 4) is 0 Å². The van der Waals surface area contributed by atoms with E-state index < -0.39 is 0 Å². The van der Waals surface area contributed by atoms with Gasteiger partial charge in [-0.1, -0.05) is 11.6 Å². The first-order valence-corrected chi connectivity index (χ1v) is 4.37. The largest absolute Gasteiger partial charge is 0.378 e. The predicted molar refractivity (Wildman–Crippen MR) is 48.2 cm³/mol. The smallest absolute Gasteiger partial charge is 0.147 e. The Bertz CT molecular complexity index is 223. The fraction of sp³-hybridized carbons (Fsp3) is 0.667. The van der Waals surface area contributed by atoms with Crippen molar-refractivity contribution in [2.24, 2.45) is 0 Å². The molecule has 2 nitrogen and oxygen atoms in total. The van der Waals surface area contributed by atoms with Crippen LogP contribution in [0.2, 0.25) is 0 Å². The van der Waals surface area contributed by atoms with E-state index in [-0.39, 0.29) is 5.60 Å². The Morgan fingerprint density at radius 1 is 1.67 bits per heavy atom. The molecular formula is C9H13ClO2. The van der Waals surface area contributed by atoms with E-state index in [0.717, 1.165) is 19.1 Å². The normalized spacial score (nSPS) is 30.6. The lowest BCUT2D eigenvalue weighted by Gasteiger charge is -2.32. The first-order valence-electron chi connectivity index (χ1n) is 3.99. The Hall–Kier alpha value is -0.340. The first-order chi connectivity index (χ1) is 5.61. The fourth-order valence-electron chi connectivity index (χ4n) is 1.40. The van der Waals surface area contributed by atoms with Crippen LogP contribution in [0.25, 0.3) is 0 Å². The lowest BCUT2D eigenvalue weighted by atomic mass is 9.86. The van der Waals surface area contributed by atoms with Gasteiger partial charge in [0.05, 0.1) is 5.60 Å². The van der Waals surface area contributed by atoms with E-state index >= 15 is 0 Å². The Morgan fingerprint density at radius 2 is 2.33 bits per heavy atom. The zero-order valence-electron chi connectivity index (χ0n) is 7.39. The molecule has 1 atom stereocenters. The molecule has 0 heterocycles. The maximum absolute atomic E-state index is 10.6. The third-order valence-electron chi connectivity index (χ3n) is 2.42. The highest BCUT2D eigenvalue weighted by molar-refractivity contribution is 6.31. The number of allylic oxidation sites excluding steroid dienone is 1. The average molecular weight is 189 g/mol. The molecule has 12 heavy (non-hydrogen) atoms. The molecule has 0 fully saturated rings. The van der Waals surface area contributed by atoms with Gasteiger partial charge in [0, 0.05) is 24.1 Å². The summed E-state index contributed by atoms with van der Waals surface area (Å²) in [7, 11) is 1.67. The summed E-state index contributed by atoms with van der Waals surface area (Å²) in [5.74, 6) is 0. The molecular weight excluding hydrogens is 176 g/mol. The van der Waals surface area contributed by atoms with Crippen molar-refractivity contribution in [2.75, 3.05) is 7.11 Å². The number of carbonyl (C=O) groups is 1. The van der Waals surface area contributed by atoms with Crippen LogP contribution in [0.1, 0.15) is 26.2 Å². The van der Waals surface area contributed by atoms with Gasteiger partial charge in [0.1, 0.15) is 6.29 Å². The number of hydrogen-bond acceptors (Lipinski definition) is 2. The van der Waals surface area contributed by atoms with Crippen LogP contribution in [0, 0.1) is 0 Å². The highest BCUT2D eigenvalue weighted by atomic mass is 35.5. The van der Waals surface area contributed by atoms with Gasteiger partial charge in [0.25, 0.3) is 0 Å². The van der Waals surface area contributed by atoms with E-state index in [2.05, 4.69) is 0 Å². The molecule has 0 aromatic carbocycles. The topological polar surface area (TPSA) is 26.3 Å². The Balaban J connectivity index is 2.80. The van der Waals surface area contributed by atoms with Crippen molar-refractivity contribution in [3.05, 3.63) is 10.6 Å². The molecule has 0 saturated carbocycles. The molecule has 1 rings (SSSR count). The Labute approximate surface area is 77.5 Å². The van der Waals surface area contributed by atoms with Crippen molar-refractivity contribution in [1.29, 1.82) is 0 Å². The molecule has 0 radical (unpaired) electrons. The SMILES string of the molecule is CO[C@]1(C)CCC(Cl)=C(C=O)C1. The van der Waals surface area contributed by atoms with Gasteiger partial charge in [0.15, 0.2) is 0 Å². The van der Waals surface area contributed by atoms with Crippen LogP contribution in [0.3, 0.4) is 0 Å². The molecule has 0 amide bonds. The van der Waals surface area contributed by atoms with Crippen molar-refractivity contribution in [3.63, 3.8) is 0 Å². The third kappa shape index (κ3) is 1.87. The van der Waals surface area contributed by atoms with Gasteiger partial charge in [-0.2, -0.15) is 0 Å². The second-order valence-electron chi connectivity index (χ2n) is 3.38. The van der Waals surface area contributed by atoms with Crippen molar-refractivity contribution >= 4 is 17.9 Å². The summed E-state index contributed by atoms with van der Waals surface area (Å²) in [5.41, 5.74) is 0.488. The molecule has 0 unspecified atom stereocenters. The maximum atomic E-state index is 10.6. The van der Waals surface area contributed by atoms with E-state index in [1.54, 1.807) is 7.11 Å². The number of methoxy groups -OCH3 is 1. The van der Waals surface area contributed by atoms with E-state index in [0.29, 0.717) is 17.0 Å². The summed E-state index contributed by atoms with van der Waals surface area (Å²) in [5, 5.41) is 0.694. The van der Waals surface area contributed by atoms with Crippen LogP contribution < -0.4 is 0 Å². The number of aldehydes is 1. The third-order valence-corrected chi connectivity index (χ3v) is 2.85. The van der Waals surface area contributed by atoms with Crippen LogP contribution >= 0.6 is 11.6 Å². The molecule has 1 aliphatic rings. The minimum absolute atomic E-state index is 0.200. The van der Waals surface area contributed by atoms with Gasteiger partial charge in [-0.05, 0) is 19.8 Å². The van der Waals surface area contributed by atoms with Gasteiger partial charge in [-0.15, -0.1) is 0 Å². The zero-order valence-corrected chi connectivity index (χ0v) is 8.15. The highest BCUT2D eigenvalue weighted by Crippen LogP contribution is 2.35. The number of hydrogen-bond donors (Lipinski definition) is 0. The lowest BCUT2D eigenvalue weighted by Crippen LogP contribution is -2.31.